The standard InChI is InChI=1S/C13H8N4O6S/c1-22-12-14-5-7(6-15-12)16-11(18)9(24-13(16)19)4-8-2-3-10(23-8)17(20)21/h2-6H,1H3/b9-4-. The highest BCUT2D eigenvalue weighted by Crippen LogP contribution is 2.35. The quantitative estimate of drug-likeness (QED) is 0.464. The number of carbonyl (C=O) groups excluding carboxylic acids is 2. The van der Waals surface area contributed by atoms with Crippen LogP contribution in [0.5, 0.6) is 6.01 Å². The summed E-state index contributed by atoms with van der Waals surface area (Å²) in [5.41, 5.74) is 0.187. The number of hydrogen-bond acceptors (Lipinski definition) is 9. The van der Waals surface area contributed by atoms with E-state index in [0.29, 0.717) is 11.8 Å². The van der Waals surface area contributed by atoms with E-state index >= 15 is 0 Å². The van der Waals surface area contributed by atoms with Crippen LogP contribution in [0.25, 0.3) is 6.08 Å². The first kappa shape index (κ1) is 15.7. The molecule has 0 spiro atoms. The lowest BCUT2D eigenvalue weighted by atomic mass is 10.3. The Bertz CT molecular complexity index is 860. The topological polar surface area (TPSA) is 129 Å². The van der Waals surface area contributed by atoms with Crippen molar-refractivity contribution in [3.05, 3.63) is 45.3 Å². The molecule has 0 aromatic carbocycles. The summed E-state index contributed by atoms with van der Waals surface area (Å²) in [6.45, 7) is 0. The number of hydrogen-bond donors (Lipinski definition) is 0. The number of thioether (sulfide) groups is 1. The van der Waals surface area contributed by atoms with Gasteiger partial charge in [0.25, 0.3) is 11.1 Å². The summed E-state index contributed by atoms with van der Waals surface area (Å²) in [5, 5.41) is 10.0. The monoisotopic (exact) mass is 348 g/mol. The van der Waals surface area contributed by atoms with Gasteiger partial charge in [0.2, 0.25) is 0 Å². The van der Waals surface area contributed by atoms with E-state index in [9.17, 15) is 19.7 Å². The van der Waals surface area contributed by atoms with Crippen molar-refractivity contribution in [2.75, 3.05) is 12.0 Å². The number of methoxy groups -OCH3 is 1. The number of imide groups is 1. The van der Waals surface area contributed by atoms with Crippen LogP contribution in [0.4, 0.5) is 16.4 Å². The molecule has 0 unspecified atom stereocenters. The third-order valence-corrected chi connectivity index (χ3v) is 3.78. The van der Waals surface area contributed by atoms with E-state index < -0.39 is 22.0 Å². The molecule has 3 heterocycles. The zero-order valence-electron chi connectivity index (χ0n) is 12.0. The minimum absolute atomic E-state index is 0.0695. The Morgan fingerprint density at radius 3 is 2.62 bits per heavy atom. The van der Waals surface area contributed by atoms with E-state index in [1.54, 1.807) is 0 Å². The normalized spacial score (nSPS) is 16.0. The van der Waals surface area contributed by atoms with Gasteiger partial charge >= 0.3 is 11.9 Å². The first-order valence-electron chi connectivity index (χ1n) is 6.38. The highest BCUT2D eigenvalue weighted by molar-refractivity contribution is 8.19. The number of furan rings is 1. The Balaban J connectivity index is 1.87. The summed E-state index contributed by atoms with van der Waals surface area (Å²) in [6.07, 6.45) is 3.83. The Hall–Kier alpha value is -3.21. The van der Waals surface area contributed by atoms with Gasteiger partial charge < -0.3 is 9.15 Å². The summed E-state index contributed by atoms with van der Waals surface area (Å²) < 4.78 is 9.76. The average molecular weight is 348 g/mol. The van der Waals surface area contributed by atoms with Gasteiger partial charge in [-0.2, -0.15) is 0 Å². The number of anilines is 1. The molecule has 0 atom stereocenters. The second-order valence-corrected chi connectivity index (χ2v) is 5.37. The van der Waals surface area contributed by atoms with Crippen molar-refractivity contribution in [2.24, 2.45) is 0 Å². The van der Waals surface area contributed by atoms with E-state index in [-0.39, 0.29) is 22.4 Å². The van der Waals surface area contributed by atoms with Crippen molar-refractivity contribution < 1.29 is 23.7 Å². The third-order valence-electron chi connectivity index (χ3n) is 2.91. The second-order valence-electron chi connectivity index (χ2n) is 4.38. The largest absolute Gasteiger partial charge is 0.467 e. The maximum atomic E-state index is 12.4. The first-order chi connectivity index (χ1) is 11.5. The molecule has 2 aromatic heterocycles. The van der Waals surface area contributed by atoms with Crippen LogP contribution in [0, 0.1) is 10.1 Å². The van der Waals surface area contributed by atoms with Gasteiger partial charge in [-0.15, -0.1) is 0 Å². The Morgan fingerprint density at radius 2 is 2.04 bits per heavy atom. The van der Waals surface area contributed by atoms with E-state index in [4.69, 9.17) is 9.15 Å². The first-order valence-corrected chi connectivity index (χ1v) is 7.19. The highest BCUT2D eigenvalue weighted by Gasteiger charge is 2.37. The summed E-state index contributed by atoms with van der Waals surface area (Å²) in [7, 11) is 1.39. The molecule has 0 N–H and O–H groups in total. The molecule has 3 rings (SSSR count). The molecule has 2 aromatic rings. The Labute approximate surface area is 138 Å². The van der Waals surface area contributed by atoms with Crippen LogP contribution in [0.1, 0.15) is 5.76 Å². The van der Waals surface area contributed by atoms with Crippen molar-refractivity contribution in [2.45, 2.75) is 0 Å². The van der Waals surface area contributed by atoms with Crippen molar-refractivity contribution in [3.63, 3.8) is 0 Å². The Morgan fingerprint density at radius 1 is 1.33 bits per heavy atom. The molecule has 10 nitrogen and oxygen atoms in total. The molecular formula is C13H8N4O6S. The number of rotatable bonds is 4. The van der Waals surface area contributed by atoms with Gasteiger partial charge in [0.1, 0.15) is 10.7 Å². The molecule has 122 valence electrons. The van der Waals surface area contributed by atoms with Crippen molar-refractivity contribution >= 4 is 40.6 Å². The number of amides is 2. The maximum absolute atomic E-state index is 12.4. The van der Waals surface area contributed by atoms with Crippen LogP contribution in [0.2, 0.25) is 0 Å². The number of aromatic nitrogens is 2. The predicted octanol–water partition coefficient (Wildman–Crippen LogP) is 2.23. The third kappa shape index (κ3) is 2.84. The van der Waals surface area contributed by atoms with E-state index in [2.05, 4.69) is 9.97 Å². The van der Waals surface area contributed by atoms with Crippen LogP contribution >= 0.6 is 11.8 Å². The van der Waals surface area contributed by atoms with E-state index in [0.717, 1.165) is 11.0 Å². The minimum atomic E-state index is -0.697. The molecule has 24 heavy (non-hydrogen) atoms. The fourth-order valence-electron chi connectivity index (χ4n) is 1.87. The van der Waals surface area contributed by atoms with Gasteiger partial charge in [-0.1, -0.05) is 0 Å². The summed E-state index contributed by atoms with van der Waals surface area (Å²) >= 11 is 0.681. The lowest BCUT2D eigenvalue weighted by molar-refractivity contribution is -0.402. The van der Waals surface area contributed by atoms with Crippen LogP contribution in [0.3, 0.4) is 0 Å². The van der Waals surface area contributed by atoms with Crippen LogP contribution in [-0.2, 0) is 4.79 Å². The second kappa shape index (κ2) is 6.12. The van der Waals surface area contributed by atoms with E-state index in [1.165, 1.54) is 31.6 Å². The SMILES string of the molecule is COc1ncc(N2C(=O)S/C(=C\c3ccc([N+](=O)[O-])o3)C2=O)cn1. The number of ether oxygens (including phenoxy) is 1. The molecule has 0 radical (unpaired) electrons. The van der Waals surface area contributed by atoms with Crippen LogP contribution < -0.4 is 9.64 Å². The average Bonchev–Trinajstić information content (AvgIpc) is 3.13. The molecule has 1 fully saturated rings. The van der Waals surface area contributed by atoms with Crippen molar-refractivity contribution in [3.8, 4) is 6.01 Å². The van der Waals surface area contributed by atoms with Gasteiger partial charge in [0.05, 0.1) is 36.2 Å². The van der Waals surface area contributed by atoms with Gasteiger partial charge in [-0.25, -0.2) is 14.9 Å². The smallest absolute Gasteiger partial charge is 0.433 e. The number of nitro groups is 1. The predicted molar refractivity (Wildman–Crippen MR) is 82.4 cm³/mol. The summed E-state index contributed by atoms with van der Waals surface area (Å²) in [5.74, 6) is -0.958. The van der Waals surface area contributed by atoms with Crippen molar-refractivity contribution in [1.29, 1.82) is 0 Å². The molecule has 1 aliphatic heterocycles. The van der Waals surface area contributed by atoms with Crippen LogP contribution in [-0.4, -0.2) is 33.1 Å². The zero-order chi connectivity index (χ0) is 17.3. The summed E-state index contributed by atoms with van der Waals surface area (Å²) in [4.78, 5) is 43.0. The fourth-order valence-corrected chi connectivity index (χ4v) is 2.69. The van der Waals surface area contributed by atoms with Gasteiger partial charge in [0, 0.05) is 6.08 Å². The fraction of sp³-hybridized carbons (Fsp3) is 0.0769. The molecular weight excluding hydrogens is 340 g/mol. The molecule has 1 aliphatic rings. The van der Waals surface area contributed by atoms with Crippen LogP contribution in [0.15, 0.2) is 33.8 Å². The minimum Gasteiger partial charge on any atom is -0.467 e. The summed E-state index contributed by atoms with van der Waals surface area (Å²) in [6, 6.07) is 2.60. The number of nitrogens with zero attached hydrogens (tertiary/aromatic N) is 4. The zero-order valence-corrected chi connectivity index (χ0v) is 12.8. The van der Waals surface area contributed by atoms with Crippen molar-refractivity contribution in [1.82, 2.24) is 9.97 Å². The van der Waals surface area contributed by atoms with Gasteiger partial charge in [0.15, 0.2) is 0 Å². The molecule has 0 saturated carbocycles. The molecule has 0 aliphatic carbocycles. The molecule has 0 bridgehead atoms. The molecule has 2 amide bonds. The maximum Gasteiger partial charge on any atom is 0.433 e. The van der Waals surface area contributed by atoms with Gasteiger partial charge in [-0.05, 0) is 17.8 Å². The lowest BCUT2D eigenvalue weighted by Crippen LogP contribution is -2.27. The highest BCUT2D eigenvalue weighted by atomic mass is 32.2. The molecule has 1 saturated heterocycles. The number of carbonyl (C=O) groups is 2. The molecule has 11 heteroatoms. The lowest BCUT2D eigenvalue weighted by Gasteiger charge is -2.11. The Kier molecular flexibility index (Phi) is 4.00. The van der Waals surface area contributed by atoms with E-state index in [1.807, 2.05) is 0 Å². The van der Waals surface area contributed by atoms with Gasteiger partial charge in [-0.3, -0.25) is 19.7 Å².